The number of aryl methyl sites for hydroxylation is 1. The van der Waals surface area contributed by atoms with Gasteiger partial charge in [-0.15, -0.1) is 0 Å². The lowest BCUT2D eigenvalue weighted by atomic mass is 9.80. The second-order valence-corrected chi connectivity index (χ2v) is 6.47. The van der Waals surface area contributed by atoms with Crippen molar-refractivity contribution in [1.29, 1.82) is 0 Å². The van der Waals surface area contributed by atoms with Gasteiger partial charge in [-0.1, -0.05) is 19.3 Å². The van der Waals surface area contributed by atoms with Crippen molar-refractivity contribution < 1.29 is 14.0 Å². The van der Waals surface area contributed by atoms with E-state index in [4.69, 9.17) is 0 Å². The van der Waals surface area contributed by atoms with Crippen molar-refractivity contribution in [1.82, 2.24) is 15.2 Å². The van der Waals surface area contributed by atoms with E-state index in [0.29, 0.717) is 23.9 Å². The third-order valence-electron chi connectivity index (χ3n) is 4.96. The van der Waals surface area contributed by atoms with Gasteiger partial charge in [0.15, 0.2) is 0 Å². The van der Waals surface area contributed by atoms with Gasteiger partial charge in [-0.25, -0.2) is 4.39 Å². The number of hydrogen-bond donors (Lipinski definition) is 2. The van der Waals surface area contributed by atoms with Crippen molar-refractivity contribution in [2.45, 2.75) is 37.6 Å². The van der Waals surface area contributed by atoms with Gasteiger partial charge in [0.2, 0.25) is 5.91 Å². The van der Waals surface area contributed by atoms with Gasteiger partial charge < -0.3 is 15.2 Å². The van der Waals surface area contributed by atoms with Crippen LogP contribution in [0.1, 0.15) is 42.6 Å². The molecule has 2 aromatic rings. The van der Waals surface area contributed by atoms with Crippen molar-refractivity contribution >= 4 is 22.7 Å². The van der Waals surface area contributed by atoms with Crippen molar-refractivity contribution in [3.8, 4) is 0 Å². The van der Waals surface area contributed by atoms with Gasteiger partial charge in [-0.05, 0) is 37.1 Å². The smallest absolute Gasteiger partial charge is 0.268 e. The number of benzene rings is 1. The molecule has 1 saturated carbocycles. The predicted molar refractivity (Wildman–Crippen MR) is 90.2 cm³/mol. The van der Waals surface area contributed by atoms with E-state index in [1.807, 2.05) is 0 Å². The Hall–Kier alpha value is -2.37. The van der Waals surface area contributed by atoms with Gasteiger partial charge in [-0.2, -0.15) is 0 Å². The largest absolute Gasteiger partial charge is 0.357 e. The average Bonchev–Trinajstić information content (AvgIpc) is 2.91. The van der Waals surface area contributed by atoms with Crippen LogP contribution in [-0.2, 0) is 11.8 Å². The molecule has 0 radical (unpaired) electrons. The highest BCUT2D eigenvalue weighted by atomic mass is 19.1. The second kappa shape index (κ2) is 6.26. The minimum absolute atomic E-state index is 0.152. The lowest BCUT2D eigenvalue weighted by Gasteiger charge is -2.36. The number of amides is 2. The molecule has 0 bridgehead atoms. The van der Waals surface area contributed by atoms with E-state index >= 15 is 0 Å². The zero-order valence-electron chi connectivity index (χ0n) is 14.0. The van der Waals surface area contributed by atoms with Crippen molar-refractivity contribution in [3.63, 3.8) is 0 Å². The highest BCUT2D eigenvalue weighted by molar-refractivity contribution is 6.01. The van der Waals surface area contributed by atoms with E-state index in [2.05, 4.69) is 10.6 Å². The van der Waals surface area contributed by atoms with Crippen molar-refractivity contribution in [2.24, 2.45) is 7.05 Å². The zero-order valence-corrected chi connectivity index (χ0v) is 14.0. The maximum absolute atomic E-state index is 13.4. The second-order valence-electron chi connectivity index (χ2n) is 6.47. The molecule has 0 spiro atoms. The molecule has 1 fully saturated rings. The predicted octanol–water partition coefficient (Wildman–Crippen LogP) is 2.50. The molecule has 0 atom stereocenters. The molecule has 0 aliphatic heterocycles. The molecular formula is C18H22FN3O2. The van der Waals surface area contributed by atoms with Crippen LogP contribution in [-0.4, -0.2) is 29.0 Å². The Labute approximate surface area is 140 Å². The van der Waals surface area contributed by atoms with Crippen LogP contribution in [0.3, 0.4) is 0 Å². The maximum Gasteiger partial charge on any atom is 0.268 e. The fourth-order valence-electron chi connectivity index (χ4n) is 3.62. The monoisotopic (exact) mass is 331 g/mol. The van der Waals surface area contributed by atoms with Gasteiger partial charge in [0.1, 0.15) is 17.1 Å². The van der Waals surface area contributed by atoms with E-state index in [1.165, 1.54) is 12.1 Å². The summed E-state index contributed by atoms with van der Waals surface area (Å²) >= 11 is 0. The van der Waals surface area contributed by atoms with Gasteiger partial charge in [0.25, 0.3) is 5.91 Å². The van der Waals surface area contributed by atoms with Gasteiger partial charge >= 0.3 is 0 Å². The summed E-state index contributed by atoms with van der Waals surface area (Å²) in [6.07, 6.45) is 4.16. The number of aromatic nitrogens is 1. The number of halogens is 1. The number of carbonyl (C=O) groups excluding carboxylic acids is 2. The molecule has 3 rings (SSSR count). The van der Waals surface area contributed by atoms with Gasteiger partial charge in [0, 0.05) is 25.0 Å². The Morgan fingerprint density at radius 1 is 1.17 bits per heavy atom. The molecule has 0 unspecified atom stereocenters. The summed E-state index contributed by atoms with van der Waals surface area (Å²) in [6.45, 7) is 0. The van der Waals surface area contributed by atoms with E-state index in [9.17, 15) is 14.0 Å². The SMILES string of the molecule is CNC(=O)C1(NC(=O)c2cc3cc(F)ccc3n2C)CCCCC1. The molecular weight excluding hydrogens is 309 g/mol. The van der Waals surface area contributed by atoms with Crippen molar-refractivity contribution in [2.75, 3.05) is 7.05 Å². The number of likely N-dealkylation sites (N-methyl/N-ethyl adjacent to an activating group) is 1. The summed E-state index contributed by atoms with van der Waals surface area (Å²) in [6, 6.07) is 6.09. The molecule has 1 aliphatic rings. The Morgan fingerprint density at radius 3 is 2.54 bits per heavy atom. The molecule has 1 aromatic heterocycles. The molecule has 2 amide bonds. The maximum atomic E-state index is 13.4. The number of rotatable bonds is 3. The topological polar surface area (TPSA) is 63.1 Å². The molecule has 128 valence electrons. The highest BCUT2D eigenvalue weighted by Gasteiger charge is 2.40. The standard InChI is InChI=1S/C18H22FN3O2/c1-20-17(24)18(8-4-3-5-9-18)21-16(23)15-11-12-10-13(19)6-7-14(12)22(15)2/h6-7,10-11H,3-5,8-9H2,1-2H3,(H,20,24)(H,21,23). The van der Waals surface area contributed by atoms with Crippen LogP contribution in [0.5, 0.6) is 0 Å². The molecule has 24 heavy (non-hydrogen) atoms. The van der Waals surface area contributed by atoms with E-state index in [0.717, 1.165) is 24.8 Å². The van der Waals surface area contributed by atoms with Crippen molar-refractivity contribution in [3.05, 3.63) is 35.8 Å². The summed E-state index contributed by atoms with van der Waals surface area (Å²) in [7, 11) is 3.35. The molecule has 2 N–H and O–H groups in total. The first-order chi connectivity index (χ1) is 11.5. The molecule has 1 aliphatic carbocycles. The quantitative estimate of drug-likeness (QED) is 0.908. The molecule has 5 nitrogen and oxygen atoms in total. The summed E-state index contributed by atoms with van der Waals surface area (Å²) < 4.78 is 15.1. The first-order valence-corrected chi connectivity index (χ1v) is 8.26. The summed E-state index contributed by atoms with van der Waals surface area (Å²) in [4.78, 5) is 25.2. The van der Waals surface area contributed by atoms with Crippen LogP contribution in [0.2, 0.25) is 0 Å². The van der Waals surface area contributed by atoms with E-state index < -0.39 is 5.54 Å². The molecule has 1 aromatic carbocycles. The van der Waals surface area contributed by atoms with E-state index in [-0.39, 0.29) is 17.6 Å². The number of hydrogen-bond acceptors (Lipinski definition) is 2. The van der Waals surface area contributed by atoms with Gasteiger partial charge in [0.05, 0.1) is 0 Å². The summed E-state index contributed by atoms with van der Waals surface area (Å²) in [5, 5.41) is 6.29. The minimum atomic E-state index is -0.855. The fraction of sp³-hybridized carbons (Fsp3) is 0.444. The lowest BCUT2D eigenvalue weighted by Crippen LogP contribution is -2.59. The highest BCUT2D eigenvalue weighted by Crippen LogP contribution is 2.29. The molecule has 1 heterocycles. The zero-order chi connectivity index (χ0) is 17.3. The molecule has 6 heteroatoms. The first-order valence-electron chi connectivity index (χ1n) is 8.26. The van der Waals surface area contributed by atoms with E-state index in [1.54, 1.807) is 30.8 Å². The number of nitrogens with zero attached hydrogens (tertiary/aromatic N) is 1. The summed E-state index contributed by atoms with van der Waals surface area (Å²) in [5.74, 6) is -0.797. The van der Waals surface area contributed by atoms with Crippen LogP contribution >= 0.6 is 0 Å². The fourth-order valence-corrected chi connectivity index (χ4v) is 3.62. The average molecular weight is 331 g/mol. The van der Waals surface area contributed by atoms with Crippen LogP contribution in [0.15, 0.2) is 24.3 Å². The number of nitrogens with one attached hydrogen (secondary N) is 2. The first kappa shape index (κ1) is 16.5. The number of carbonyl (C=O) groups is 2. The third kappa shape index (κ3) is 2.77. The minimum Gasteiger partial charge on any atom is -0.357 e. The summed E-state index contributed by atoms with van der Waals surface area (Å²) in [5.41, 5.74) is 0.342. The van der Waals surface area contributed by atoms with Crippen LogP contribution in [0, 0.1) is 5.82 Å². The Morgan fingerprint density at radius 2 is 1.88 bits per heavy atom. The van der Waals surface area contributed by atoms with Gasteiger partial charge in [-0.3, -0.25) is 9.59 Å². The lowest BCUT2D eigenvalue weighted by molar-refractivity contribution is -0.128. The Bertz CT molecular complexity index is 791. The van der Waals surface area contributed by atoms with Crippen LogP contribution in [0.25, 0.3) is 10.9 Å². The Balaban J connectivity index is 1.93. The van der Waals surface area contributed by atoms with Crippen LogP contribution < -0.4 is 10.6 Å². The number of fused-ring (bicyclic) bond motifs is 1. The third-order valence-corrected chi connectivity index (χ3v) is 4.96. The Kier molecular flexibility index (Phi) is 4.30. The normalized spacial score (nSPS) is 16.8. The molecule has 0 saturated heterocycles. The van der Waals surface area contributed by atoms with Crippen LogP contribution in [0.4, 0.5) is 4.39 Å².